The summed E-state index contributed by atoms with van der Waals surface area (Å²) in [7, 11) is 0. The fraction of sp³-hybridized carbons (Fsp3) is 0.480. The van der Waals surface area contributed by atoms with Crippen molar-refractivity contribution in [2.45, 2.75) is 31.7 Å². The predicted molar refractivity (Wildman–Crippen MR) is 127 cm³/mol. The van der Waals surface area contributed by atoms with Crippen LogP contribution in [-0.4, -0.2) is 80.8 Å². The molecule has 1 N–H and O–H groups in total. The Labute approximate surface area is 205 Å². The van der Waals surface area contributed by atoms with Crippen LogP contribution < -0.4 is 5.32 Å². The van der Waals surface area contributed by atoms with Gasteiger partial charge in [0.2, 0.25) is 5.54 Å². The van der Waals surface area contributed by atoms with E-state index in [1.54, 1.807) is 11.8 Å². The Balaban J connectivity index is 2.29. The smallest absolute Gasteiger partial charge is 0.409 e. The summed E-state index contributed by atoms with van der Waals surface area (Å²) in [5.41, 5.74) is -1.10. The normalized spacial score (nSPS) is 14.9. The second-order valence-electron chi connectivity index (χ2n) is 7.59. The fourth-order valence-electron chi connectivity index (χ4n) is 3.61. The Bertz CT molecular complexity index is 815. The third kappa shape index (κ3) is 8.20. The Morgan fingerprint density at radius 1 is 1.06 bits per heavy atom. The molecule has 0 bridgehead atoms. The fourth-order valence-corrected chi connectivity index (χ4v) is 3.61. The number of amides is 1. The number of hydrogen-bond donors (Lipinski definition) is 1. The molecule has 2 rings (SSSR count). The van der Waals surface area contributed by atoms with Crippen molar-refractivity contribution in [3.05, 3.63) is 61.2 Å². The summed E-state index contributed by atoms with van der Waals surface area (Å²) >= 11 is 0. The van der Waals surface area contributed by atoms with Crippen LogP contribution in [0.25, 0.3) is 0 Å². The Morgan fingerprint density at radius 3 is 2.20 bits per heavy atom. The van der Waals surface area contributed by atoms with E-state index in [1.165, 1.54) is 12.2 Å². The van der Waals surface area contributed by atoms with Crippen LogP contribution in [0.1, 0.15) is 18.9 Å². The van der Waals surface area contributed by atoms with Crippen molar-refractivity contribution in [1.82, 2.24) is 10.2 Å². The van der Waals surface area contributed by atoms with E-state index in [9.17, 15) is 14.4 Å². The molecular formula is C25H34N2O8. The molecule has 0 spiro atoms. The first-order valence-electron chi connectivity index (χ1n) is 11.5. The third-order valence-corrected chi connectivity index (χ3v) is 5.23. The number of carbonyl (C=O) groups is 3. The van der Waals surface area contributed by atoms with Gasteiger partial charge in [-0.1, -0.05) is 55.6 Å². The largest absolute Gasteiger partial charge is 0.460 e. The number of benzene rings is 1. The molecule has 1 unspecified atom stereocenters. The van der Waals surface area contributed by atoms with Gasteiger partial charge in [0, 0.05) is 26.1 Å². The highest BCUT2D eigenvalue weighted by Crippen LogP contribution is 2.28. The zero-order valence-corrected chi connectivity index (χ0v) is 20.1. The first-order valence-corrected chi connectivity index (χ1v) is 11.5. The molecule has 1 aromatic rings. The van der Waals surface area contributed by atoms with Crippen LogP contribution >= 0.6 is 0 Å². The van der Waals surface area contributed by atoms with Gasteiger partial charge in [-0.15, -0.1) is 0 Å². The number of morpholine rings is 1. The van der Waals surface area contributed by atoms with Gasteiger partial charge in [-0.3, -0.25) is 10.2 Å². The highest BCUT2D eigenvalue weighted by molar-refractivity contribution is 6.05. The number of hydrogen-bond acceptors (Lipinski definition) is 9. The molecule has 1 saturated heterocycles. The average molecular weight is 491 g/mol. The average Bonchev–Trinajstić information content (AvgIpc) is 2.88. The lowest BCUT2D eigenvalue weighted by molar-refractivity contribution is -0.182. The standard InChI is InChI=1S/C25H34N2O8/c1-4-14-33-22(28)25(23(29)34-15-5-2,27-12-16-31-17-13-27)18-21(32-6-3)26-24(30)35-19-20-10-8-7-9-11-20/h4-5,7-11,21H,1-2,6,12-19H2,3H3,(H,26,30). The molecule has 1 aromatic carbocycles. The number of rotatable bonds is 14. The topological polar surface area (TPSA) is 113 Å². The Morgan fingerprint density at radius 2 is 1.66 bits per heavy atom. The summed E-state index contributed by atoms with van der Waals surface area (Å²) in [6, 6.07) is 9.17. The molecule has 0 aliphatic carbocycles. The SMILES string of the molecule is C=CCOC(=O)C(CC(NC(=O)OCc1ccccc1)OCC)(C(=O)OCC=C)N1CCOCC1. The molecule has 1 fully saturated rings. The molecule has 1 heterocycles. The molecule has 35 heavy (non-hydrogen) atoms. The van der Waals surface area contributed by atoms with E-state index in [0.29, 0.717) is 13.2 Å². The quantitative estimate of drug-likeness (QED) is 0.138. The molecular weight excluding hydrogens is 456 g/mol. The van der Waals surface area contributed by atoms with Crippen LogP contribution in [-0.2, 0) is 39.9 Å². The minimum Gasteiger partial charge on any atom is -0.460 e. The van der Waals surface area contributed by atoms with Crippen LogP contribution in [0.3, 0.4) is 0 Å². The van der Waals surface area contributed by atoms with E-state index in [2.05, 4.69) is 18.5 Å². The lowest BCUT2D eigenvalue weighted by Gasteiger charge is -2.42. The van der Waals surface area contributed by atoms with Gasteiger partial charge >= 0.3 is 18.0 Å². The monoisotopic (exact) mass is 490 g/mol. The lowest BCUT2D eigenvalue weighted by Crippen LogP contribution is -2.66. The summed E-state index contributed by atoms with van der Waals surface area (Å²) in [6.07, 6.45) is 0.709. The Kier molecular flexibility index (Phi) is 12.0. The number of nitrogens with zero attached hydrogens (tertiary/aromatic N) is 1. The molecule has 0 aromatic heterocycles. The molecule has 0 radical (unpaired) electrons. The molecule has 10 nitrogen and oxygen atoms in total. The van der Waals surface area contributed by atoms with E-state index in [0.717, 1.165) is 5.56 Å². The number of alkyl carbamates (subject to hydrolysis) is 1. The number of ether oxygens (including phenoxy) is 5. The maximum Gasteiger partial charge on any atom is 0.409 e. The van der Waals surface area contributed by atoms with E-state index >= 15 is 0 Å². The van der Waals surface area contributed by atoms with Crippen LogP contribution in [0, 0.1) is 0 Å². The molecule has 1 atom stereocenters. The van der Waals surface area contributed by atoms with Gasteiger partial charge < -0.3 is 23.7 Å². The zero-order chi connectivity index (χ0) is 25.5. The summed E-state index contributed by atoms with van der Waals surface area (Å²) in [5, 5.41) is 2.61. The highest BCUT2D eigenvalue weighted by Gasteiger charge is 2.55. The van der Waals surface area contributed by atoms with Gasteiger partial charge in [-0.2, -0.15) is 0 Å². The van der Waals surface area contributed by atoms with Gasteiger partial charge in [0.15, 0.2) is 0 Å². The molecule has 192 valence electrons. The van der Waals surface area contributed by atoms with Gasteiger partial charge in [-0.05, 0) is 12.5 Å². The third-order valence-electron chi connectivity index (χ3n) is 5.23. The second kappa shape index (κ2) is 14.9. The van der Waals surface area contributed by atoms with E-state index in [1.807, 2.05) is 30.3 Å². The highest BCUT2D eigenvalue weighted by atomic mass is 16.6. The summed E-state index contributed by atoms with van der Waals surface area (Å²) in [6.45, 7) is 10.0. The maximum atomic E-state index is 13.4. The molecule has 10 heteroatoms. The van der Waals surface area contributed by atoms with Crippen LogP contribution in [0.15, 0.2) is 55.6 Å². The van der Waals surface area contributed by atoms with E-state index in [-0.39, 0.29) is 45.9 Å². The summed E-state index contributed by atoms with van der Waals surface area (Å²) in [4.78, 5) is 40.9. The van der Waals surface area contributed by atoms with Crippen molar-refractivity contribution in [1.29, 1.82) is 0 Å². The van der Waals surface area contributed by atoms with Crippen molar-refractivity contribution in [3.63, 3.8) is 0 Å². The van der Waals surface area contributed by atoms with Crippen molar-refractivity contribution in [2.75, 3.05) is 46.1 Å². The van der Waals surface area contributed by atoms with Crippen LogP contribution in [0.2, 0.25) is 0 Å². The molecule has 1 aliphatic rings. The minimum absolute atomic E-state index is 0.0445. The first-order chi connectivity index (χ1) is 17.0. The van der Waals surface area contributed by atoms with Crippen molar-refractivity contribution in [3.8, 4) is 0 Å². The van der Waals surface area contributed by atoms with Gasteiger partial charge in [0.1, 0.15) is 26.0 Å². The molecule has 1 aliphatic heterocycles. The summed E-state index contributed by atoms with van der Waals surface area (Å²) < 4.78 is 27.1. The van der Waals surface area contributed by atoms with Crippen LogP contribution in [0.4, 0.5) is 4.79 Å². The number of esters is 2. The van der Waals surface area contributed by atoms with Crippen molar-refractivity contribution >= 4 is 18.0 Å². The number of nitrogens with one attached hydrogen (secondary N) is 1. The van der Waals surface area contributed by atoms with E-state index < -0.39 is 29.8 Å². The van der Waals surface area contributed by atoms with Crippen molar-refractivity contribution in [2.24, 2.45) is 0 Å². The van der Waals surface area contributed by atoms with Gasteiger partial charge in [0.25, 0.3) is 0 Å². The van der Waals surface area contributed by atoms with E-state index in [4.69, 9.17) is 23.7 Å². The van der Waals surface area contributed by atoms with Crippen LogP contribution in [0.5, 0.6) is 0 Å². The molecule has 0 saturated carbocycles. The Hall–Kier alpha value is -3.21. The lowest BCUT2D eigenvalue weighted by atomic mass is 9.90. The van der Waals surface area contributed by atoms with Crippen molar-refractivity contribution < 1.29 is 38.1 Å². The maximum absolute atomic E-state index is 13.4. The summed E-state index contributed by atoms with van der Waals surface area (Å²) in [5.74, 6) is -1.67. The number of carbonyl (C=O) groups excluding carboxylic acids is 3. The molecule has 1 amide bonds. The minimum atomic E-state index is -1.90. The zero-order valence-electron chi connectivity index (χ0n) is 20.1. The van der Waals surface area contributed by atoms with Gasteiger partial charge in [-0.25, -0.2) is 14.4 Å². The van der Waals surface area contributed by atoms with Gasteiger partial charge in [0.05, 0.1) is 13.2 Å². The predicted octanol–water partition coefficient (Wildman–Crippen LogP) is 2.19. The first kappa shape index (κ1) is 28.0. The second-order valence-corrected chi connectivity index (χ2v) is 7.59.